The van der Waals surface area contributed by atoms with Gasteiger partial charge < -0.3 is 20.1 Å². The number of amides is 1. The second-order valence-electron chi connectivity index (χ2n) is 5.80. The summed E-state index contributed by atoms with van der Waals surface area (Å²) in [6, 6.07) is 15.7. The Labute approximate surface area is 154 Å². The molecule has 3 rings (SSSR count). The molecule has 134 valence electrons. The number of hydrogen-bond donors (Lipinski definition) is 2. The first-order valence-corrected chi connectivity index (χ1v) is 8.13. The van der Waals surface area contributed by atoms with Gasteiger partial charge in [0.05, 0.1) is 6.61 Å². The molecule has 1 aliphatic rings. The predicted octanol–water partition coefficient (Wildman–Crippen LogP) is 2.92. The Morgan fingerprint density at radius 2 is 2.08 bits per heavy atom. The smallest absolute Gasteiger partial charge is 0.254 e. The first-order chi connectivity index (χ1) is 11.7. The quantitative estimate of drug-likeness (QED) is 0.858. The lowest BCUT2D eigenvalue weighted by molar-refractivity contribution is -0.128. The lowest BCUT2D eigenvalue weighted by Gasteiger charge is -2.23. The molecular weight excluding hydrogens is 340 g/mol. The van der Waals surface area contributed by atoms with Gasteiger partial charge in [-0.25, -0.2) is 0 Å². The number of halogens is 1. The molecule has 25 heavy (non-hydrogen) atoms. The molecular formula is C19H23ClN2O3. The summed E-state index contributed by atoms with van der Waals surface area (Å²) in [5.74, 6) is 0.660. The van der Waals surface area contributed by atoms with Gasteiger partial charge in [-0.3, -0.25) is 4.79 Å². The molecule has 0 spiro atoms. The largest absolute Gasteiger partial charge is 0.489 e. The van der Waals surface area contributed by atoms with Gasteiger partial charge >= 0.3 is 0 Å². The summed E-state index contributed by atoms with van der Waals surface area (Å²) in [7, 11) is 0. The van der Waals surface area contributed by atoms with Crippen LogP contribution in [0.4, 0.5) is 5.69 Å². The average Bonchev–Trinajstić information content (AvgIpc) is 2.63. The summed E-state index contributed by atoms with van der Waals surface area (Å²) < 4.78 is 11.3. The summed E-state index contributed by atoms with van der Waals surface area (Å²) in [5.41, 5.74) is 2.85. The molecule has 5 nitrogen and oxygen atoms in total. The average molecular weight is 363 g/mol. The van der Waals surface area contributed by atoms with Gasteiger partial charge in [0.15, 0.2) is 0 Å². The number of carbonyl (C=O) groups is 1. The van der Waals surface area contributed by atoms with E-state index in [0.717, 1.165) is 29.1 Å². The maximum absolute atomic E-state index is 12.2. The Bertz CT molecular complexity index is 688. The fourth-order valence-electron chi connectivity index (χ4n) is 2.55. The van der Waals surface area contributed by atoms with Crippen LogP contribution in [-0.4, -0.2) is 31.7 Å². The zero-order valence-corrected chi connectivity index (χ0v) is 15.0. The van der Waals surface area contributed by atoms with Crippen molar-refractivity contribution in [1.29, 1.82) is 0 Å². The van der Waals surface area contributed by atoms with Crippen LogP contribution in [0.25, 0.3) is 0 Å². The normalized spacial score (nSPS) is 16.6. The van der Waals surface area contributed by atoms with Crippen LogP contribution in [0.5, 0.6) is 5.75 Å². The number of morpholine rings is 1. The molecule has 1 saturated heterocycles. The van der Waals surface area contributed by atoms with Crippen LogP contribution in [0.3, 0.4) is 0 Å². The molecule has 1 unspecified atom stereocenters. The number of anilines is 1. The standard InChI is InChI=1S/C19H22N2O3.ClH/c1-14-11-16(24-13-15-5-3-2-4-6-15)7-8-17(14)21-19(22)18-12-20-9-10-23-18;/h2-8,11,18,20H,9-10,12-13H2,1H3,(H,21,22);1H. The van der Waals surface area contributed by atoms with Crippen LogP contribution in [-0.2, 0) is 16.1 Å². The van der Waals surface area contributed by atoms with E-state index in [4.69, 9.17) is 9.47 Å². The second kappa shape index (κ2) is 9.42. The zero-order valence-electron chi connectivity index (χ0n) is 14.2. The van der Waals surface area contributed by atoms with Crippen molar-refractivity contribution in [2.75, 3.05) is 25.0 Å². The van der Waals surface area contributed by atoms with Crippen LogP contribution in [0, 0.1) is 6.92 Å². The predicted molar refractivity (Wildman–Crippen MR) is 100 cm³/mol. The van der Waals surface area contributed by atoms with Gasteiger partial charge in [-0.15, -0.1) is 12.4 Å². The Morgan fingerprint density at radius 3 is 2.76 bits per heavy atom. The highest BCUT2D eigenvalue weighted by molar-refractivity contribution is 5.95. The van der Waals surface area contributed by atoms with Crippen molar-refractivity contribution in [1.82, 2.24) is 5.32 Å². The molecule has 0 saturated carbocycles. The molecule has 2 aromatic rings. The molecule has 1 atom stereocenters. The molecule has 0 radical (unpaired) electrons. The van der Waals surface area contributed by atoms with Gasteiger partial charge in [-0.2, -0.15) is 0 Å². The van der Waals surface area contributed by atoms with E-state index in [0.29, 0.717) is 19.8 Å². The minimum Gasteiger partial charge on any atom is -0.489 e. The molecule has 1 aliphatic heterocycles. The van der Waals surface area contributed by atoms with Crippen molar-refractivity contribution < 1.29 is 14.3 Å². The van der Waals surface area contributed by atoms with Gasteiger partial charge in [0.2, 0.25) is 0 Å². The Hall–Kier alpha value is -2.08. The molecule has 0 aliphatic carbocycles. The van der Waals surface area contributed by atoms with Crippen molar-refractivity contribution >= 4 is 24.0 Å². The van der Waals surface area contributed by atoms with E-state index in [9.17, 15) is 4.79 Å². The molecule has 1 fully saturated rings. The Morgan fingerprint density at radius 1 is 1.28 bits per heavy atom. The van der Waals surface area contributed by atoms with E-state index in [1.165, 1.54) is 0 Å². The molecule has 6 heteroatoms. The Kier molecular flexibility index (Phi) is 7.25. The third-order valence-corrected chi connectivity index (χ3v) is 3.92. The highest BCUT2D eigenvalue weighted by atomic mass is 35.5. The maximum Gasteiger partial charge on any atom is 0.254 e. The molecule has 0 bridgehead atoms. The SMILES string of the molecule is Cc1cc(OCc2ccccc2)ccc1NC(=O)C1CNCCO1.Cl. The van der Waals surface area contributed by atoms with Gasteiger partial charge in [0.25, 0.3) is 5.91 Å². The number of benzene rings is 2. The molecule has 1 amide bonds. The number of hydrogen-bond acceptors (Lipinski definition) is 4. The van der Waals surface area contributed by atoms with Gasteiger partial charge in [-0.05, 0) is 36.2 Å². The van der Waals surface area contributed by atoms with Crippen molar-refractivity contribution in [2.45, 2.75) is 19.6 Å². The number of ether oxygens (including phenoxy) is 2. The summed E-state index contributed by atoms with van der Waals surface area (Å²) in [5, 5.41) is 6.07. The molecule has 0 aromatic heterocycles. The van der Waals surface area contributed by atoms with E-state index < -0.39 is 6.10 Å². The van der Waals surface area contributed by atoms with E-state index in [1.54, 1.807) is 0 Å². The van der Waals surface area contributed by atoms with Crippen LogP contribution in [0.15, 0.2) is 48.5 Å². The monoisotopic (exact) mass is 362 g/mol. The van der Waals surface area contributed by atoms with Crippen LogP contribution >= 0.6 is 12.4 Å². The molecule has 2 N–H and O–H groups in total. The highest BCUT2D eigenvalue weighted by Crippen LogP contribution is 2.22. The topological polar surface area (TPSA) is 59.6 Å². The Balaban J connectivity index is 0.00000225. The number of rotatable bonds is 5. The van der Waals surface area contributed by atoms with E-state index in [2.05, 4.69) is 10.6 Å². The first kappa shape index (κ1) is 19.2. The summed E-state index contributed by atoms with van der Waals surface area (Å²) >= 11 is 0. The van der Waals surface area contributed by atoms with E-state index in [1.807, 2.05) is 55.5 Å². The van der Waals surface area contributed by atoms with Crippen molar-refractivity contribution in [2.24, 2.45) is 0 Å². The van der Waals surface area contributed by atoms with Gasteiger partial charge in [-0.1, -0.05) is 30.3 Å². The van der Waals surface area contributed by atoms with Crippen LogP contribution < -0.4 is 15.4 Å². The number of aryl methyl sites for hydroxylation is 1. The number of carbonyl (C=O) groups excluding carboxylic acids is 1. The summed E-state index contributed by atoms with van der Waals surface area (Å²) in [4.78, 5) is 12.2. The van der Waals surface area contributed by atoms with Gasteiger partial charge in [0, 0.05) is 18.8 Å². The molecule has 2 aromatic carbocycles. The number of nitrogens with one attached hydrogen (secondary N) is 2. The highest BCUT2D eigenvalue weighted by Gasteiger charge is 2.22. The molecule has 1 heterocycles. The van der Waals surface area contributed by atoms with Crippen LogP contribution in [0.2, 0.25) is 0 Å². The zero-order chi connectivity index (χ0) is 16.8. The van der Waals surface area contributed by atoms with Crippen molar-refractivity contribution in [3.05, 3.63) is 59.7 Å². The lowest BCUT2D eigenvalue weighted by Crippen LogP contribution is -2.45. The summed E-state index contributed by atoms with van der Waals surface area (Å²) in [6.45, 7) is 4.36. The minimum absolute atomic E-state index is 0. The van der Waals surface area contributed by atoms with E-state index >= 15 is 0 Å². The lowest BCUT2D eigenvalue weighted by atomic mass is 10.1. The van der Waals surface area contributed by atoms with Gasteiger partial charge in [0.1, 0.15) is 18.5 Å². The third kappa shape index (κ3) is 5.46. The summed E-state index contributed by atoms with van der Waals surface area (Å²) in [6.07, 6.45) is -0.438. The first-order valence-electron chi connectivity index (χ1n) is 8.13. The van der Waals surface area contributed by atoms with E-state index in [-0.39, 0.29) is 18.3 Å². The minimum atomic E-state index is -0.438. The second-order valence-corrected chi connectivity index (χ2v) is 5.80. The van der Waals surface area contributed by atoms with Crippen LogP contribution in [0.1, 0.15) is 11.1 Å². The fraction of sp³-hybridized carbons (Fsp3) is 0.316. The third-order valence-electron chi connectivity index (χ3n) is 3.92. The maximum atomic E-state index is 12.2. The fourth-order valence-corrected chi connectivity index (χ4v) is 2.55. The van der Waals surface area contributed by atoms with Crippen molar-refractivity contribution in [3.63, 3.8) is 0 Å². The van der Waals surface area contributed by atoms with Crippen molar-refractivity contribution in [3.8, 4) is 5.75 Å².